The molecule has 6 nitrogen and oxygen atoms in total. The molecule has 0 heterocycles. The van der Waals surface area contributed by atoms with Gasteiger partial charge in [0.15, 0.2) is 0 Å². The zero-order valence-corrected chi connectivity index (χ0v) is 9.17. The van der Waals surface area contributed by atoms with Crippen LogP contribution in [0, 0.1) is 0 Å². The Balaban J connectivity index is 3.22. The molecule has 0 aliphatic heterocycles. The molecule has 2 amide bonds. The Hall–Kier alpha value is -1.14. The molecule has 0 aromatic carbocycles. The summed E-state index contributed by atoms with van der Waals surface area (Å²) in [6.07, 6.45) is 0. The first-order valence-electron chi connectivity index (χ1n) is 4.74. The van der Waals surface area contributed by atoms with Gasteiger partial charge in [0, 0.05) is 27.1 Å². The lowest BCUT2D eigenvalue weighted by Crippen LogP contribution is -2.35. The third-order valence-corrected chi connectivity index (χ3v) is 1.49. The number of amides is 2. The van der Waals surface area contributed by atoms with E-state index in [1.807, 2.05) is 0 Å². The Morgan fingerprint density at radius 3 is 2.40 bits per heavy atom. The summed E-state index contributed by atoms with van der Waals surface area (Å²) in [5, 5.41) is 5.16. The molecule has 0 rings (SSSR count). The second-order valence-corrected chi connectivity index (χ2v) is 2.88. The third kappa shape index (κ3) is 10.8. The maximum Gasteiger partial charge on any atom is 0.246 e. The van der Waals surface area contributed by atoms with Crippen LogP contribution in [0.1, 0.15) is 6.92 Å². The number of carbonyl (C=O) groups excluding carboxylic acids is 2. The van der Waals surface area contributed by atoms with E-state index in [2.05, 4.69) is 10.6 Å². The van der Waals surface area contributed by atoms with Crippen LogP contribution in [0.25, 0.3) is 0 Å². The predicted molar refractivity (Wildman–Crippen MR) is 54.4 cm³/mol. The molecule has 0 saturated heterocycles. The number of ether oxygens (including phenoxy) is 2. The van der Waals surface area contributed by atoms with Crippen LogP contribution in [-0.2, 0) is 19.1 Å². The van der Waals surface area contributed by atoms with E-state index in [-0.39, 0.29) is 18.4 Å². The minimum absolute atomic E-state index is 0.0173. The zero-order valence-electron chi connectivity index (χ0n) is 9.17. The molecule has 0 aliphatic carbocycles. The van der Waals surface area contributed by atoms with E-state index in [9.17, 15) is 9.59 Å². The molecule has 15 heavy (non-hydrogen) atoms. The van der Waals surface area contributed by atoms with Crippen molar-refractivity contribution >= 4 is 11.8 Å². The molecule has 0 aromatic heterocycles. The first kappa shape index (κ1) is 13.9. The van der Waals surface area contributed by atoms with E-state index in [1.54, 1.807) is 7.11 Å². The summed E-state index contributed by atoms with van der Waals surface area (Å²) in [6.45, 7) is 3.15. The summed E-state index contributed by atoms with van der Waals surface area (Å²) in [4.78, 5) is 21.5. The Morgan fingerprint density at radius 2 is 1.80 bits per heavy atom. The second-order valence-electron chi connectivity index (χ2n) is 2.88. The molecule has 0 unspecified atom stereocenters. The largest absolute Gasteiger partial charge is 0.382 e. The highest BCUT2D eigenvalue weighted by atomic mass is 16.5. The number of carbonyl (C=O) groups is 2. The van der Waals surface area contributed by atoms with Gasteiger partial charge in [-0.3, -0.25) is 9.59 Å². The summed E-state index contributed by atoms with van der Waals surface area (Å²) in [5.74, 6) is -0.308. The van der Waals surface area contributed by atoms with Crippen molar-refractivity contribution in [1.29, 1.82) is 0 Å². The lowest BCUT2D eigenvalue weighted by atomic mass is 10.5. The lowest BCUT2D eigenvalue weighted by molar-refractivity contribution is -0.126. The van der Waals surface area contributed by atoms with E-state index in [1.165, 1.54) is 6.92 Å². The molecule has 0 atom stereocenters. The monoisotopic (exact) mass is 218 g/mol. The van der Waals surface area contributed by atoms with Gasteiger partial charge in [-0.2, -0.15) is 0 Å². The number of hydrogen-bond acceptors (Lipinski definition) is 4. The van der Waals surface area contributed by atoms with Crippen molar-refractivity contribution in [3.8, 4) is 0 Å². The average molecular weight is 218 g/mol. The highest BCUT2D eigenvalue weighted by molar-refractivity contribution is 5.77. The topological polar surface area (TPSA) is 76.7 Å². The van der Waals surface area contributed by atoms with Crippen LogP contribution in [0.15, 0.2) is 0 Å². The second kappa shape index (κ2) is 9.42. The van der Waals surface area contributed by atoms with E-state index < -0.39 is 0 Å². The Labute approximate surface area is 89.3 Å². The van der Waals surface area contributed by atoms with E-state index >= 15 is 0 Å². The van der Waals surface area contributed by atoms with Gasteiger partial charge in [-0.25, -0.2) is 0 Å². The summed E-state index contributed by atoms with van der Waals surface area (Å²) >= 11 is 0. The first-order chi connectivity index (χ1) is 7.16. The van der Waals surface area contributed by atoms with Gasteiger partial charge in [0.05, 0.1) is 13.2 Å². The molecule has 0 bridgehead atoms. The highest BCUT2D eigenvalue weighted by Gasteiger charge is 1.99. The van der Waals surface area contributed by atoms with E-state index in [0.29, 0.717) is 26.3 Å². The highest BCUT2D eigenvalue weighted by Crippen LogP contribution is 1.76. The third-order valence-electron chi connectivity index (χ3n) is 1.49. The maximum atomic E-state index is 11.1. The molecule has 0 saturated carbocycles. The number of rotatable bonds is 8. The maximum absolute atomic E-state index is 11.1. The normalized spacial score (nSPS) is 9.73. The molecule has 0 spiro atoms. The number of hydrogen-bond donors (Lipinski definition) is 2. The number of nitrogens with one attached hydrogen (secondary N) is 2. The molecule has 6 heteroatoms. The van der Waals surface area contributed by atoms with Gasteiger partial charge >= 0.3 is 0 Å². The van der Waals surface area contributed by atoms with Crippen molar-refractivity contribution in [3.63, 3.8) is 0 Å². The molecule has 0 radical (unpaired) electrons. The standard InChI is InChI=1S/C9H18N2O4/c1-8(12)10-3-4-11-9(13)7-15-6-5-14-2/h3-7H2,1-2H3,(H,10,12)(H,11,13). The first-order valence-corrected chi connectivity index (χ1v) is 4.74. The van der Waals surface area contributed by atoms with Crippen LogP contribution in [0.3, 0.4) is 0 Å². The summed E-state index contributed by atoms with van der Waals surface area (Å²) < 4.78 is 9.73. The van der Waals surface area contributed by atoms with Crippen molar-refractivity contribution in [3.05, 3.63) is 0 Å². The molecule has 0 aromatic rings. The van der Waals surface area contributed by atoms with E-state index in [4.69, 9.17) is 9.47 Å². The van der Waals surface area contributed by atoms with Gasteiger partial charge < -0.3 is 20.1 Å². The SMILES string of the molecule is COCCOCC(=O)NCCNC(C)=O. The number of methoxy groups -OCH3 is 1. The van der Waals surface area contributed by atoms with Crippen molar-refractivity contribution in [2.45, 2.75) is 6.92 Å². The van der Waals surface area contributed by atoms with Crippen LogP contribution in [-0.4, -0.2) is 51.8 Å². The van der Waals surface area contributed by atoms with Gasteiger partial charge in [0.1, 0.15) is 6.61 Å². The molecule has 0 fully saturated rings. The molecule has 0 aliphatic rings. The smallest absolute Gasteiger partial charge is 0.246 e. The van der Waals surface area contributed by atoms with E-state index in [0.717, 1.165) is 0 Å². The molecular weight excluding hydrogens is 200 g/mol. The van der Waals surface area contributed by atoms with Gasteiger partial charge in [-0.1, -0.05) is 0 Å². The average Bonchev–Trinajstić information content (AvgIpc) is 2.19. The minimum atomic E-state index is -0.198. The Morgan fingerprint density at radius 1 is 1.13 bits per heavy atom. The van der Waals surface area contributed by atoms with Crippen LogP contribution < -0.4 is 10.6 Å². The summed E-state index contributed by atoms with van der Waals surface area (Å²) in [5.41, 5.74) is 0. The van der Waals surface area contributed by atoms with Gasteiger partial charge in [0.25, 0.3) is 0 Å². The van der Waals surface area contributed by atoms with Gasteiger partial charge in [-0.15, -0.1) is 0 Å². The summed E-state index contributed by atoms with van der Waals surface area (Å²) in [6, 6.07) is 0. The van der Waals surface area contributed by atoms with Crippen molar-refractivity contribution < 1.29 is 19.1 Å². The van der Waals surface area contributed by atoms with Crippen molar-refractivity contribution in [2.24, 2.45) is 0 Å². The van der Waals surface area contributed by atoms with Crippen LogP contribution in [0.2, 0.25) is 0 Å². The quantitative estimate of drug-likeness (QED) is 0.507. The van der Waals surface area contributed by atoms with Gasteiger partial charge in [0.2, 0.25) is 11.8 Å². The van der Waals surface area contributed by atoms with Crippen LogP contribution in [0.5, 0.6) is 0 Å². The fourth-order valence-electron chi connectivity index (χ4n) is 0.799. The van der Waals surface area contributed by atoms with Crippen LogP contribution >= 0.6 is 0 Å². The Bertz CT molecular complexity index is 197. The fraction of sp³-hybridized carbons (Fsp3) is 0.778. The van der Waals surface area contributed by atoms with Crippen molar-refractivity contribution in [1.82, 2.24) is 10.6 Å². The minimum Gasteiger partial charge on any atom is -0.382 e. The predicted octanol–water partition coefficient (Wildman–Crippen LogP) is -1.10. The summed E-state index contributed by atoms with van der Waals surface area (Å²) in [7, 11) is 1.57. The molecule has 2 N–H and O–H groups in total. The molecule has 88 valence electrons. The molecular formula is C9H18N2O4. The zero-order chi connectivity index (χ0) is 11.5. The van der Waals surface area contributed by atoms with Gasteiger partial charge in [-0.05, 0) is 0 Å². The fourth-order valence-corrected chi connectivity index (χ4v) is 0.799. The lowest BCUT2D eigenvalue weighted by Gasteiger charge is -2.06. The Kier molecular flexibility index (Phi) is 8.70. The van der Waals surface area contributed by atoms with Crippen molar-refractivity contribution in [2.75, 3.05) is 40.0 Å². The van der Waals surface area contributed by atoms with Crippen LogP contribution in [0.4, 0.5) is 0 Å².